The maximum Gasteiger partial charge on any atom is 0.237 e. The first-order chi connectivity index (χ1) is 7.25. The van der Waals surface area contributed by atoms with E-state index in [1.54, 1.807) is 6.92 Å². The third kappa shape index (κ3) is 2.53. The number of nitrogens with zero attached hydrogens (tertiary/aromatic N) is 2. The van der Waals surface area contributed by atoms with E-state index in [2.05, 4.69) is 20.8 Å². The van der Waals surface area contributed by atoms with Crippen LogP contribution in [0.5, 0.6) is 0 Å². The van der Waals surface area contributed by atoms with Crippen molar-refractivity contribution in [3.63, 3.8) is 0 Å². The predicted octanol–water partition coefficient (Wildman–Crippen LogP) is -0.254. The number of amides is 1. The number of aryl methyl sites for hydroxylation is 1. The molecule has 0 bridgehead atoms. The first-order valence-electron chi connectivity index (χ1n) is 5.06. The smallest absolute Gasteiger partial charge is 0.237 e. The highest BCUT2D eigenvalue weighted by atomic mass is 16.5. The van der Waals surface area contributed by atoms with E-state index in [9.17, 15) is 4.79 Å². The maximum absolute atomic E-state index is 11.6. The van der Waals surface area contributed by atoms with Crippen LogP contribution in [0.15, 0.2) is 4.52 Å². The first-order valence-corrected chi connectivity index (χ1v) is 5.06. The number of carbonyl (C=O) groups is 1. The van der Waals surface area contributed by atoms with Gasteiger partial charge in [0.05, 0.1) is 12.6 Å². The minimum Gasteiger partial charge on any atom is -0.347 e. The molecule has 1 amide bonds. The van der Waals surface area contributed by atoms with Crippen LogP contribution < -0.4 is 10.6 Å². The van der Waals surface area contributed by atoms with Crippen LogP contribution in [0, 0.1) is 6.92 Å². The molecule has 82 valence electrons. The Hall–Kier alpha value is -1.43. The lowest BCUT2D eigenvalue weighted by Gasteiger charge is -2.08. The van der Waals surface area contributed by atoms with Gasteiger partial charge in [-0.15, -0.1) is 0 Å². The van der Waals surface area contributed by atoms with Crippen LogP contribution in [0.3, 0.4) is 0 Å². The van der Waals surface area contributed by atoms with Crippen molar-refractivity contribution in [3.05, 3.63) is 11.7 Å². The normalized spacial score (nSPS) is 20.5. The second-order valence-electron chi connectivity index (χ2n) is 3.60. The number of nitrogens with one attached hydrogen (secondary N) is 2. The highest BCUT2D eigenvalue weighted by Gasteiger charge is 2.21. The molecule has 0 radical (unpaired) electrons. The van der Waals surface area contributed by atoms with Crippen molar-refractivity contribution in [3.8, 4) is 0 Å². The van der Waals surface area contributed by atoms with Gasteiger partial charge in [-0.2, -0.15) is 4.98 Å². The molecule has 6 heteroatoms. The van der Waals surface area contributed by atoms with Crippen LogP contribution in [0.1, 0.15) is 24.6 Å². The Morgan fingerprint density at radius 2 is 2.60 bits per heavy atom. The molecule has 1 aliphatic rings. The zero-order valence-corrected chi connectivity index (χ0v) is 8.62. The van der Waals surface area contributed by atoms with E-state index in [-0.39, 0.29) is 11.9 Å². The predicted molar refractivity (Wildman–Crippen MR) is 51.9 cm³/mol. The van der Waals surface area contributed by atoms with Gasteiger partial charge in [0.2, 0.25) is 11.8 Å². The van der Waals surface area contributed by atoms with Crippen LogP contribution >= 0.6 is 0 Å². The summed E-state index contributed by atoms with van der Waals surface area (Å²) in [4.78, 5) is 15.6. The highest BCUT2D eigenvalue weighted by Crippen LogP contribution is 2.04. The van der Waals surface area contributed by atoms with E-state index < -0.39 is 0 Å². The third-order valence-corrected chi connectivity index (χ3v) is 2.37. The summed E-state index contributed by atoms with van der Waals surface area (Å²) < 4.78 is 4.79. The van der Waals surface area contributed by atoms with Crippen molar-refractivity contribution in [1.82, 2.24) is 20.8 Å². The molecule has 1 aromatic heterocycles. The molecule has 0 spiro atoms. The minimum absolute atomic E-state index is 0.00922. The molecule has 6 nitrogen and oxygen atoms in total. The third-order valence-electron chi connectivity index (χ3n) is 2.37. The van der Waals surface area contributed by atoms with E-state index >= 15 is 0 Å². The lowest BCUT2D eigenvalue weighted by Crippen LogP contribution is -2.40. The van der Waals surface area contributed by atoms with E-state index in [0.29, 0.717) is 18.3 Å². The van der Waals surface area contributed by atoms with Gasteiger partial charge in [-0.25, -0.2) is 0 Å². The van der Waals surface area contributed by atoms with Crippen molar-refractivity contribution in [2.24, 2.45) is 0 Å². The Bertz CT molecular complexity index is 344. The number of aromatic nitrogens is 2. The molecule has 2 rings (SSSR count). The summed E-state index contributed by atoms with van der Waals surface area (Å²) in [5.74, 6) is 1.03. The molecule has 15 heavy (non-hydrogen) atoms. The fraction of sp³-hybridized carbons (Fsp3) is 0.667. The molecule has 1 saturated heterocycles. The zero-order valence-electron chi connectivity index (χ0n) is 8.62. The lowest BCUT2D eigenvalue weighted by atomic mass is 10.2. The van der Waals surface area contributed by atoms with Crippen LogP contribution in [0.2, 0.25) is 0 Å². The van der Waals surface area contributed by atoms with Gasteiger partial charge >= 0.3 is 0 Å². The van der Waals surface area contributed by atoms with E-state index in [4.69, 9.17) is 4.52 Å². The Balaban J connectivity index is 1.80. The maximum atomic E-state index is 11.6. The van der Waals surface area contributed by atoms with Gasteiger partial charge in [0.1, 0.15) is 0 Å². The Kier molecular flexibility index (Phi) is 2.96. The van der Waals surface area contributed by atoms with Gasteiger partial charge in [0, 0.05) is 6.92 Å². The molecule has 1 aromatic rings. The van der Waals surface area contributed by atoms with Gasteiger partial charge in [0.15, 0.2) is 5.82 Å². The standard InChI is InChI=1S/C9H14N4O2/c1-6-12-8(13-15-6)5-11-9(14)7-3-2-4-10-7/h7,10H,2-5H2,1H3,(H,11,14)/t7-/m1/s1. The number of hydrogen-bond donors (Lipinski definition) is 2. The Labute approximate surface area is 87.4 Å². The van der Waals surface area contributed by atoms with Crippen molar-refractivity contribution >= 4 is 5.91 Å². The molecule has 0 unspecified atom stereocenters. The van der Waals surface area contributed by atoms with Gasteiger partial charge in [0.25, 0.3) is 0 Å². The number of carbonyl (C=O) groups excluding carboxylic acids is 1. The average Bonchev–Trinajstić information content (AvgIpc) is 2.84. The SMILES string of the molecule is Cc1nc(CNC(=O)[C@H]2CCCN2)no1. The molecular formula is C9H14N4O2. The van der Waals surface area contributed by atoms with Crippen LogP contribution in [-0.2, 0) is 11.3 Å². The average molecular weight is 210 g/mol. The van der Waals surface area contributed by atoms with Crippen LogP contribution in [0.25, 0.3) is 0 Å². The summed E-state index contributed by atoms with van der Waals surface area (Å²) in [6.07, 6.45) is 1.95. The van der Waals surface area contributed by atoms with Crippen LogP contribution in [-0.4, -0.2) is 28.6 Å². The molecular weight excluding hydrogens is 196 g/mol. The van der Waals surface area contributed by atoms with Gasteiger partial charge in [-0.3, -0.25) is 4.79 Å². The molecule has 1 atom stereocenters. The van der Waals surface area contributed by atoms with Crippen molar-refractivity contribution < 1.29 is 9.32 Å². The topological polar surface area (TPSA) is 80.0 Å². The second-order valence-corrected chi connectivity index (χ2v) is 3.60. The van der Waals surface area contributed by atoms with Crippen LogP contribution in [0.4, 0.5) is 0 Å². The molecule has 0 saturated carbocycles. The molecule has 0 aromatic carbocycles. The largest absolute Gasteiger partial charge is 0.347 e. The molecule has 2 heterocycles. The van der Waals surface area contributed by atoms with E-state index in [0.717, 1.165) is 19.4 Å². The fourth-order valence-corrected chi connectivity index (χ4v) is 1.61. The van der Waals surface area contributed by atoms with Gasteiger partial charge in [-0.1, -0.05) is 5.16 Å². The van der Waals surface area contributed by atoms with Crippen molar-refractivity contribution in [2.75, 3.05) is 6.54 Å². The summed E-state index contributed by atoms with van der Waals surface area (Å²) >= 11 is 0. The van der Waals surface area contributed by atoms with Gasteiger partial charge < -0.3 is 15.2 Å². The van der Waals surface area contributed by atoms with Crippen molar-refractivity contribution in [1.29, 1.82) is 0 Å². The highest BCUT2D eigenvalue weighted by molar-refractivity contribution is 5.81. The Morgan fingerprint density at radius 1 is 1.73 bits per heavy atom. The van der Waals surface area contributed by atoms with Crippen molar-refractivity contribution in [2.45, 2.75) is 32.4 Å². The summed E-state index contributed by atoms with van der Waals surface area (Å²) in [5, 5.41) is 9.58. The van der Waals surface area contributed by atoms with E-state index in [1.165, 1.54) is 0 Å². The summed E-state index contributed by atoms with van der Waals surface area (Å²) in [6.45, 7) is 2.96. The first kappa shape index (κ1) is 10.1. The number of hydrogen-bond acceptors (Lipinski definition) is 5. The molecule has 1 fully saturated rings. The summed E-state index contributed by atoms with van der Waals surface area (Å²) in [5.41, 5.74) is 0. The monoisotopic (exact) mass is 210 g/mol. The zero-order chi connectivity index (χ0) is 10.7. The minimum atomic E-state index is -0.0574. The summed E-state index contributed by atoms with van der Waals surface area (Å²) in [7, 11) is 0. The molecule has 1 aliphatic heterocycles. The van der Waals surface area contributed by atoms with E-state index in [1.807, 2.05) is 0 Å². The molecule has 2 N–H and O–H groups in total. The Morgan fingerprint density at radius 3 is 3.20 bits per heavy atom. The second kappa shape index (κ2) is 4.39. The number of rotatable bonds is 3. The fourth-order valence-electron chi connectivity index (χ4n) is 1.61. The lowest BCUT2D eigenvalue weighted by molar-refractivity contribution is -0.123. The summed E-state index contributed by atoms with van der Waals surface area (Å²) in [6, 6.07) is -0.0574. The quantitative estimate of drug-likeness (QED) is 0.719. The molecule has 0 aliphatic carbocycles. The van der Waals surface area contributed by atoms with Gasteiger partial charge in [-0.05, 0) is 19.4 Å².